The first-order valence-electron chi connectivity index (χ1n) is 5.08. The molecule has 2 aliphatic heterocycles. The van der Waals surface area contributed by atoms with E-state index in [-0.39, 0.29) is 0 Å². The van der Waals surface area contributed by atoms with Gasteiger partial charge in [0.2, 0.25) is 0 Å². The highest BCUT2D eigenvalue weighted by atomic mass is 28.4. The Balaban J connectivity index is 2.13. The van der Waals surface area contributed by atoms with Crippen molar-refractivity contribution in [3.8, 4) is 0 Å². The molecule has 2 aliphatic rings. The molecule has 0 spiro atoms. The highest BCUT2D eigenvalue weighted by Gasteiger charge is 2.53. The number of rotatable bonds is 1. The predicted octanol–water partition coefficient (Wildman–Crippen LogP) is 1.81. The minimum Gasteiger partial charge on any atom is -0.373 e. The molecule has 0 radical (unpaired) electrons. The monoisotopic (exact) mass is 202 g/mol. The van der Waals surface area contributed by atoms with E-state index in [9.17, 15) is 0 Å². The lowest BCUT2D eigenvalue weighted by Gasteiger charge is -2.26. The van der Waals surface area contributed by atoms with Gasteiger partial charge in [0.15, 0.2) is 0 Å². The molecule has 0 aliphatic carbocycles. The maximum absolute atomic E-state index is 5.94. The Morgan fingerprint density at radius 1 is 1.23 bits per heavy atom. The molecule has 4 heteroatoms. The average Bonchev–Trinajstić information content (AvgIpc) is 2.37. The van der Waals surface area contributed by atoms with Gasteiger partial charge in [-0.25, -0.2) is 0 Å². The lowest BCUT2D eigenvalue weighted by Crippen LogP contribution is -2.44. The van der Waals surface area contributed by atoms with Gasteiger partial charge < -0.3 is 13.3 Å². The van der Waals surface area contributed by atoms with Crippen molar-refractivity contribution in [3.63, 3.8) is 0 Å². The van der Waals surface area contributed by atoms with Gasteiger partial charge in [-0.05, 0) is 12.3 Å². The maximum atomic E-state index is 5.94. The summed E-state index contributed by atoms with van der Waals surface area (Å²) in [6, 6.07) is 0. The van der Waals surface area contributed by atoms with Crippen LogP contribution in [-0.4, -0.2) is 28.1 Å². The second-order valence-electron chi connectivity index (χ2n) is 4.46. The fourth-order valence-electron chi connectivity index (χ4n) is 1.95. The Labute approximate surface area is 80.7 Å². The van der Waals surface area contributed by atoms with E-state index < -0.39 is 8.80 Å². The van der Waals surface area contributed by atoms with Gasteiger partial charge in [-0.3, -0.25) is 0 Å². The standard InChI is InChI=1S/C9H18O3Si/c1-7(2)13-10-5-8(3)4-9(12-13)6-11-13/h7-9H,4-6H2,1-3H3. The molecular weight excluding hydrogens is 184 g/mol. The quantitative estimate of drug-likeness (QED) is 0.607. The lowest BCUT2D eigenvalue weighted by molar-refractivity contribution is 0.129. The molecule has 0 aromatic rings. The van der Waals surface area contributed by atoms with Gasteiger partial charge in [-0.1, -0.05) is 20.8 Å². The molecule has 2 saturated heterocycles. The van der Waals surface area contributed by atoms with Crippen LogP contribution in [0.5, 0.6) is 0 Å². The Morgan fingerprint density at radius 3 is 2.62 bits per heavy atom. The molecule has 2 rings (SSSR count). The first kappa shape index (κ1) is 9.64. The Bertz CT molecular complexity index is 197. The summed E-state index contributed by atoms with van der Waals surface area (Å²) in [7, 11) is -2.25. The largest absolute Gasteiger partial charge is 0.504 e. The van der Waals surface area contributed by atoms with Gasteiger partial charge >= 0.3 is 8.80 Å². The molecule has 76 valence electrons. The van der Waals surface area contributed by atoms with Gasteiger partial charge in [-0.15, -0.1) is 0 Å². The summed E-state index contributed by atoms with van der Waals surface area (Å²) in [5.74, 6) is 0.613. The number of hydrogen-bond donors (Lipinski definition) is 0. The van der Waals surface area contributed by atoms with Crippen molar-refractivity contribution in [1.82, 2.24) is 0 Å². The Morgan fingerprint density at radius 2 is 1.92 bits per heavy atom. The summed E-state index contributed by atoms with van der Waals surface area (Å²) in [6.45, 7) is 8.03. The van der Waals surface area contributed by atoms with Gasteiger partial charge in [0.25, 0.3) is 0 Å². The van der Waals surface area contributed by atoms with Crippen LogP contribution in [0.15, 0.2) is 0 Å². The SMILES string of the molecule is CC1CO[Si]2(C(C)C)OCC(C1)O2. The van der Waals surface area contributed by atoms with Gasteiger partial charge in [0.1, 0.15) is 0 Å². The molecule has 0 amide bonds. The Kier molecular flexibility index (Phi) is 2.48. The average molecular weight is 202 g/mol. The normalized spacial score (nSPS) is 45.2. The van der Waals surface area contributed by atoms with Crippen LogP contribution in [0.2, 0.25) is 5.54 Å². The third-order valence-electron chi connectivity index (χ3n) is 2.74. The predicted molar refractivity (Wildman–Crippen MR) is 51.4 cm³/mol. The van der Waals surface area contributed by atoms with Crippen molar-refractivity contribution in [1.29, 1.82) is 0 Å². The van der Waals surface area contributed by atoms with Gasteiger partial charge in [0, 0.05) is 12.1 Å². The van der Waals surface area contributed by atoms with Crippen LogP contribution >= 0.6 is 0 Å². The molecular formula is C9H18O3Si. The summed E-state index contributed by atoms with van der Waals surface area (Å²) < 4.78 is 17.5. The fourth-order valence-corrected chi connectivity index (χ4v) is 4.67. The fraction of sp³-hybridized carbons (Fsp3) is 1.00. The van der Waals surface area contributed by atoms with Crippen molar-refractivity contribution in [2.45, 2.75) is 38.8 Å². The lowest BCUT2D eigenvalue weighted by atomic mass is 10.1. The molecule has 13 heavy (non-hydrogen) atoms. The van der Waals surface area contributed by atoms with Crippen LogP contribution in [0.1, 0.15) is 27.2 Å². The molecule has 0 aromatic heterocycles. The van der Waals surface area contributed by atoms with Crippen molar-refractivity contribution in [3.05, 3.63) is 0 Å². The van der Waals surface area contributed by atoms with Crippen molar-refractivity contribution in [2.75, 3.05) is 13.2 Å². The number of hydrogen-bond acceptors (Lipinski definition) is 3. The number of fused-ring (bicyclic) bond motifs is 2. The molecule has 0 N–H and O–H groups in total. The molecule has 0 aromatic carbocycles. The van der Waals surface area contributed by atoms with E-state index in [2.05, 4.69) is 20.8 Å². The molecule has 0 saturated carbocycles. The molecule has 2 bridgehead atoms. The van der Waals surface area contributed by atoms with Crippen LogP contribution in [0.25, 0.3) is 0 Å². The van der Waals surface area contributed by atoms with Crippen molar-refractivity contribution >= 4 is 8.80 Å². The van der Waals surface area contributed by atoms with E-state index in [1.165, 1.54) is 0 Å². The second-order valence-corrected chi connectivity index (χ2v) is 7.64. The summed E-state index contributed by atoms with van der Waals surface area (Å²) in [5.41, 5.74) is 0.391. The van der Waals surface area contributed by atoms with Gasteiger partial charge in [-0.2, -0.15) is 0 Å². The molecule has 3 atom stereocenters. The van der Waals surface area contributed by atoms with E-state index in [1.807, 2.05) is 0 Å². The van der Waals surface area contributed by atoms with Crippen LogP contribution in [-0.2, 0) is 13.3 Å². The summed E-state index contributed by atoms with van der Waals surface area (Å²) in [4.78, 5) is 0. The molecule has 3 nitrogen and oxygen atoms in total. The molecule has 2 heterocycles. The van der Waals surface area contributed by atoms with Crippen LogP contribution < -0.4 is 0 Å². The van der Waals surface area contributed by atoms with E-state index in [1.54, 1.807) is 0 Å². The van der Waals surface area contributed by atoms with Crippen molar-refractivity contribution < 1.29 is 13.3 Å². The van der Waals surface area contributed by atoms with Crippen molar-refractivity contribution in [2.24, 2.45) is 5.92 Å². The third-order valence-corrected chi connectivity index (χ3v) is 5.96. The molecule has 2 fully saturated rings. The third kappa shape index (κ3) is 1.68. The second kappa shape index (κ2) is 3.35. The van der Waals surface area contributed by atoms with Crippen LogP contribution in [0.4, 0.5) is 0 Å². The van der Waals surface area contributed by atoms with E-state index in [0.717, 1.165) is 19.6 Å². The van der Waals surface area contributed by atoms with Crippen LogP contribution in [0, 0.1) is 5.92 Å². The van der Waals surface area contributed by atoms with Crippen LogP contribution in [0.3, 0.4) is 0 Å². The highest BCUT2D eigenvalue weighted by Crippen LogP contribution is 2.36. The minimum absolute atomic E-state index is 0.298. The smallest absolute Gasteiger partial charge is 0.373 e. The van der Waals surface area contributed by atoms with Gasteiger partial charge in [0.05, 0.1) is 12.7 Å². The topological polar surface area (TPSA) is 27.7 Å². The first-order chi connectivity index (χ1) is 6.12. The highest BCUT2D eigenvalue weighted by molar-refractivity contribution is 6.62. The van der Waals surface area contributed by atoms with E-state index in [0.29, 0.717) is 17.6 Å². The zero-order valence-electron chi connectivity index (χ0n) is 8.58. The maximum Gasteiger partial charge on any atom is 0.504 e. The molecule has 3 unspecified atom stereocenters. The summed E-state index contributed by atoms with van der Waals surface area (Å²) in [6.07, 6.45) is 1.38. The van der Waals surface area contributed by atoms with E-state index in [4.69, 9.17) is 13.3 Å². The first-order valence-corrected chi connectivity index (χ1v) is 6.88. The Hall–Kier alpha value is 0.0969. The van der Waals surface area contributed by atoms with E-state index >= 15 is 0 Å². The zero-order chi connectivity index (χ0) is 9.47. The summed E-state index contributed by atoms with van der Waals surface area (Å²) >= 11 is 0. The zero-order valence-corrected chi connectivity index (χ0v) is 9.58. The minimum atomic E-state index is -2.25. The summed E-state index contributed by atoms with van der Waals surface area (Å²) in [5, 5.41) is 0.